The minimum Gasteiger partial charge on any atom is -0.350 e. The zero-order valence-electron chi connectivity index (χ0n) is 17.0. The van der Waals surface area contributed by atoms with Crippen LogP contribution in [0.1, 0.15) is 36.0 Å². The lowest BCUT2D eigenvalue weighted by Gasteiger charge is -2.32. The van der Waals surface area contributed by atoms with Crippen LogP contribution in [-0.4, -0.2) is 60.8 Å². The number of hydrogen-bond acceptors (Lipinski definition) is 6. The van der Waals surface area contributed by atoms with Crippen LogP contribution in [0, 0.1) is 0 Å². The summed E-state index contributed by atoms with van der Waals surface area (Å²) in [5, 5.41) is 4.65. The van der Waals surface area contributed by atoms with Crippen LogP contribution in [0.2, 0.25) is 0 Å². The van der Waals surface area contributed by atoms with E-state index >= 15 is 0 Å². The van der Waals surface area contributed by atoms with Crippen LogP contribution in [0.15, 0.2) is 52.1 Å². The Morgan fingerprint density at radius 1 is 1.00 bits per heavy atom. The van der Waals surface area contributed by atoms with Gasteiger partial charge in [-0.15, -0.1) is 11.3 Å². The Hall–Kier alpha value is -2.27. The first-order valence-electron chi connectivity index (χ1n) is 10.4. The van der Waals surface area contributed by atoms with Gasteiger partial charge in [0.2, 0.25) is 0 Å². The summed E-state index contributed by atoms with van der Waals surface area (Å²) in [5.74, 6) is -0.835. The number of rotatable bonds is 5. The van der Waals surface area contributed by atoms with Crippen molar-refractivity contribution in [2.24, 2.45) is 5.73 Å². The zero-order valence-corrected chi connectivity index (χ0v) is 18.6. The van der Waals surface area contributed by atoms with Crippen molar-refractivity contribution in [2.45, 2.75) is 48.1 Å². The van der Waals surface area contributed by atoms with Gasteiger partial charge in [0, 0.05) is 30.7 Å². The molecule has 2 heterocycles. The van der Waals surface area contributed by atoms with Crippen molar-refractivity contribution < 1.29 is 18.0 Å². The molecule has 10 heteroatoms. The first-order valence-corrected chi connectivity index (χ1v) is 12.7. The fraction of sp³-hybridized carbons (Fsp3) is 0.429. The Labute approximate surface area is 186 Å². The maximum atomic E-state index is 13.3. The van der Waals surface area contributed by atoms with Crippen LogP contribution in [-0.2, 0) is 14.8 Å². The van der Waals surface area contributed by atoms with E-state index in [0.717, 1.165) is 41.3 Å². The average Bonchev–Trinajstić information content (AvgIpc) is 3.46. The summed E-state index contributed by atoms with van der Waals surface area (Å²) in [6.45, 7) is 0.207. The molecule has 0 radical (unpaired) electrons. The van der Waals surface area contributed by atoms with E-state index in [1.165, 1.54) is 11.0 Å². The minimum absolute atomic E-state index is 0.0619. The Balaban J connectivity index is 1.62. The molecule has 0 spiro atoms. The minimum atomic E-state index is -3.91. The third-order valence-electron chi connectivity index (χ3n) is 5.82. The maximum absolute atomic E-state index is 13.3. The van der Waals surface area contributed by atoms with Crippen molar-refractivity contribution in [3.8, 4) is 0 Å². The Morgan fingerprint density at radius 3 is 2.35 bits per heavy atom. The van der Waals surface area contributed by atoms with E-state index in [4.69, 9.17) is 5.73 Å². The van der Waals surface area contributed by atoms with Gasteiger partial charge < -0.3 is 16.0 Å². The summed E-state index contributed by atoms with van der Waals surface area (Å²) in [6.07, 6.45) is 1.86. The fourth-order valence-electron chi connectivity index (χ4n) is 4.15. The van der Waals surface area contributed by atoms with Crippen LogP contribution in [0.4, 0.5) is 0 Å². The highest BCUT2D eigenvalue weighted by atomic mass is 32.2. The topological polar surface area (TPSA) is 113 Å². The normalized spacial score (nSPS) is 24.8. The molecule has 1 aliphatic carbocycles. The molecular formula is C21H26N4O4S2. The highest BCUT2D eigenvalue weighted by molar-refractivity contribution is 7.91. The molecule has 2 amide bonds. The number of amides is 2. The maximum Gasteiger partial charge on any atom is 0.259 e. The number of nitrogens with one attached hydrogen (secondary N) is 1. The second-order valence-electron chi connectivity index (χ2n) is 7.91. The number of hydrogen-bond donors (Lipinski definition) is 2. The molecule has 2 aromatic rings. The molecule has 0 bridgehead atoms. The van der Waals surface area contributed by atoms with E-state index < -0.39 is 22.1 Å². The van der Waals surface area contributed by atoms with Crippen LogP contribution in [0.5, 0.6) is 0 Å². The predicted molar refractivity (Wildman–Crippen MR) is 118 cm³/mol. The number of nitrogens with two attached hydrogens (primary N) is 1. The van der Waals surface area contributed by atoms with Crippen molar-refractivity contribution in [1.82, 2.24) is 14.5 Å². The first kappa shape index (κ1) is 21.9. The Kier molecular flexibility index (Phi) is 6.42. The number of benzene rings is 1. The van der Waals surface area contributed by atoms with E-state index in [1.54, 1.807) is 41.8 Å². The quantitative estimate of drug-likeness (QED) is 0.701. The largest absolute Gasteiger partial charge is 0.350 e. The second kappa shape index (κ2) is 9.07. The van der Waals surface area contributed by atoms with Crippen LogP contribution >= 0.6 is 11.3 Å². The molecule has 1 unspecified atom stereocenters. The summed E-state index contributed by atoms with van der Waals surface area (Å²) in [6, 6.07) is 11.8. The molecule has 166 valence electrons. The molecule has 1 aromatic carbocycles. The molecule has 1 atom stereocenters. The highest BCUT2D eigenvalue weighted by Gasteiger charge is 2.47. The van der Waals surface area contributed by atoms with Crippen molar-refractivity contribution in [2.75, 3.05) is 13.1 Å². The van der Waals surface area contributed by atoms with Gasteiger partial charge in [0.05, 0.1) is 0 Å². The van der Waals surface area contributed by atoms with Gasteiger partial charge >= 0.3 is 0 Å². The lowest BCUT2D eigenvalue weighted by atomic mass is 9.92. The van der Waals surface area contributed by atoms with E-state index in [-0.39, 0.29) is 35.3 Å². The summed E-state index contributed by atoms with van der Waals surface area (Å²) in [5.41, 5.74) is 6.37. The van der Waals surface area contributed by atoms with Gasteiger partial charge in [0.25, 0.3) is 21.8 Å². The van der Waals surface area contributed by atoms with E-state index in [2.05, 4.69) is 5.32 Å². The molecule has 4 rings (SSSR count). The molecule has 8 nitrogen and oxygen atoms in total. The molecule has 1 saturated carbocycles. The van der Waals surface area contributed by atoms with E-state index in [9.17, 15) is 18.0 Å². The lowest BCUT2D eigenvalue weighted by Crippen LogP contribution is -2.56. The van der Waals surface area contributed by atoms with Crippen molar-refractivity contribution >= 4 is 33.2 Å². The van der Waals surface area contributed by atoms with Gasteiger partial charge in [-0.05, 0) is 49.3 Å². The smallest absolute Gasteiger partial charge is 0.259 e. The average molecular weight is 463 g/mol. The highest BCUT2D eigenvalue weighted by Crippen LogP contribution is 2.29. The molecule has 1 saturated heterocycles. The van der Waals surface area contributed by atoms with Crippen LogP contribution in [0.25, 0.3) is 0 Å². The third kappa shape index (κ3) is 4.52. The summed E-state index contributed by atoms with van der Waals surface area (Å²) >= 11 is 1.09. The van der Waals surface area contributed by atoms with Crippen LogP contribution in [0.3, 0.4) is 0 Å². The number of sulfonamides is 1. The van der Waals surface area contributed by atoms with Crippen LogP contribution < -0.4 is 11.1 Å². The molecule has 2 aliphatic rings. The van der Waals surface area contributed by atoms with Gasteiger partial charge in [0.1, 0.15) is 4.21 Å². The summed E-state index contributed by atoms with van der Waals surface area (Å²) in [4.78, 5) is 27.8. The standard InChI is InChI=1S/C21H26N4O4S2/c22-16-8-10-17(11-9-16)23-19(26)20-24(21(27)15-5-2-1-3-6-15)12-13-25(20)31(28,29)18-7-4-14-30-18/h1-7,14,16-17,20H,8-13,22H2,(H,23,26). The molecule has 1 aromatic heterocycles. The summed E-state index contributed by atoms with van der Waals surface area (Å²) < 4.78 is 27.8. The van der Waals surface area contributed by atoms with Crippen molar-refractivity contribution in [1.29, 1.82) is 0 Å². The number of carbonyl (C=O) groups excluding carboxylic acids is 2. The monoisotopic (exact) mass is 462 g/mol. The second-order valence-corrected chi connectivity index (χ2v) is 11.0. The lowest BCUT2D eigenvalue weighted by molar-refractivity contribution is -0.128. The number of nitrogens with zero attached hydrogens (tertiary/aromatic N) is 2. The predicted octanol–water partition coefficient (Wildman–Crippen LogP) is 1.61. The summed E-state index contributed by atoms with van der Waals surface area (Å²) in [7, 11) is -3.91. The van der Waals surface area contributed by atoms with Gasteiger partial charge in [0.15, 0.2) is 6.17 Å². The number of thiophene rings is 1. The van der Waals surface area contributed by atoms with Gasteiger partial charge in [-0.25, -0.2) is 8.42 Å². The molecule has 2 fully saturated rings. The zero-order chi connectivity index (χ0) is 22.0. The van der Waals surface area contributed by atoms with Gasteiger partial charge in [-0.3, -0.25) is 9.59 Å². The Bertz CT molecular complexity index is 1020. The number of carbonyl (C=O) groups is 2. The molecule has 1 aliphatic heterocycles. The van der Waals surface area contributed by atoms with E-state index in [0.29, 0.717) is 5.56 Å². The first-order chi connectivity index (χ1) is 14.9. The van der Waals surface area contributed by atoms with Crippen molar-refractivity contribution in [3.63, 3.8) is 0 Å². The third-order valence-corrected chi connectivity index (χ3v) is 9.05. The van der Waals surface area contributed by atoms with E-state index in [1.807, 2.05) is 0 Å². The molecule has 3 N–H and O–H groups in total. The SMILES string of the molecule is NC1CCC(NC(=O)C2N(C(=O)c3ccccc3)CCN2S(=O)(=O)c2cccs2)CC1. The molecule has 31 heavy (non-hydrogen) atoms. The van der Waals surface area contributed by atoms with Gasteiger partial charge in [-0.2, -0.15) is 4.31 Å². The Morgan fingerprint density at radius 2 is 1.71 bits per heavy atom. The fourth-order valence-corrected chi connectivity index (χ4v) is 6.82. The van der Waals surface area contributed by atoms with Crippen molar-refractivity contribution in [3.05, 3.63) is 53.4 Å². The van der Waals surface area contributed by atoms with Gasteiger partial charge in [-0.1, -0.05) is 24.3 Å². The molecular weight excluding hydrogens is 436 g/mol.